The molecule has 2 N–H and O–H groups in total. The van der Waals surface area contributed by atoms with Gasteiger partial charge in [0.2, 0.25) is 0 Å². The lowest BCUT2D eigenvalue weighted by Crippen LogP contribution is -2.38. The molecule has 0 radical (unpaired) electrons. The van der Waals surface area contributed by atoms with Gasteiger partial charge in [-0.1, -0.05) is 18.2 Å². The van der Waals surface area contributed by atoms with E-state index < -0.39 is 5.97 Å². The van der Waals surface area contributed by atoms with Crippen LogP contribution in [0.15, 0.2) is 67.0 Å². The molecular formula is C27H27N7O2. The molecule has 3 aromatic heterocycles. The van der Waals surface area contributed by atoms with Crippen molar-refractivity contribution in [2.24, 2.45) is 5.92 Å². The van der Waals surface area contributed by atoms with Crippen LogP contribution in [0, 0.1) is 12.8 Å². The second kappa shape index (κ2) is 10.5. The molecule has 4 heterocycles. The molecular weight excluding hydrogens is 454 g/mol. The number of nitrogens with zero attached hydrogens (tertiary/aromatic N) is 6. The Kier molecular flexibility index (Phi) is 6.79. The molecule has 0 bridgehead atoms. The van der Waals surface area contributed by atoms with Crippen molar-refractivity contribution >= 4 is 23.3 Å². The molecule has 0 saturated carbocycles. The predicted molar refractivity (Wildman–Crippen MR) is 137 cm³/mol. The average Bonchev–Trinajstić information content (AvgIpc) is 2.90. The molecule has 1 aliphatic heterocycles. The molecule has 0 spiro atoms. The number of anilines is 3. The van der Waals surface area contributed by atoms with Gasteiger partial charge in [-0.05, 0) is 61.7 Å². The molecule has 182 valence electrons. The Labute approximate surface area is 209 Å². The highest BCUT2D eigenvalue weighted by Crippen LogP contribution is 2.24. The smallest absolute Gasteiger partial charge is 0.308 e. The van der Waals surface area contributed by atoms with Crippen LogP contribution < -0.4 is 10.2 Å². The average molecular weight is 482 g/mol. The standard InChI is InChI=1S/C27H27N7O2/c1-18-4-2-6-22(30-18)26-29-14-12-24(33-26)31-23-11-13-28-25(32-23)16-19-7-9-21(10-8-19)34-15-3-5-20(17-34)27(35)36/h2,4,6-14,20H,3,5,15-17H2,1H3,(H,35,36)(H,28,29,31,32,33). The molecule has 1 atom stereocenters. The van der Waals surface area contributed by atoms with Crippen molar-refractivity contribution in [1.82, 2.24) is 24.9 Å². The van der Waals surface area contributed by atoms with Crippen molar-refractivity contribution < 1.29 is 9.90 Å². The maximum absolute atomic E-state index is 11.4. The molecule has 0 amide bonds. The van der Waals surface area contributed by atoms with E-state index in [1.165, 1.54) is 0 Å². The lowest BCUT2D eigenvalue weighted by molar-refractivity contribution is -0.141. The molecule has 1 aromatic carbocycles. The van der Waals surface area contributed by atoms with Gasteiger partial charge in [-0.25, -0.2) is 24.9 Å². The number of aryl methyl sites for hydroxylation is 1. The number of hydrogen-bond donors (Lipinski definition) is 2. The van der Waals surface area contributed by atoms with Crippen molar-refractivity contribution in [3.8, 4) is 11.5 Å². The first-order chi connectivity index (χ1) is 17.5. The topological polar surface area (TPSA) is 117 Å². The maximum Gasteiger partial charge on any atom is 0.308 e. The van der Waals surface area contributed by atoms with Gasteiger partial charge in [-0.2, -0.15) is 0 Å². The minimum Gasteiger partial charge on any atom is -0.481 e. The Morgan fingerprint density at radius 2 is 1.78 bits per heavy atom. The van der Waals surface area contributed by atoms with Crippen LogP contribution in [0.2, 0.25) is 0 Å². The molecule has 5 rings (SSSR count). The van der Waals surface area contributed by atoms with E-state index in [2.05, 4.69) is 47.3 Å². The van der Waals surface area contributed by atoms with Crippen molar-refractivity contribution in [2.45, 2.75) is 26.2 Å². The Bertz CT molecular complexity index is 1360. The van der Waals surface area contributed by atoms with Crippen LogP contribution in [-0.4, -0.2) is 49.1 Å². The first-order valence-corrected chi connectivity index (χ1v) is 12.0. The molecule has 0 aliphatic carbocycles. The van der Waals surface area contributed by atoms with Gasteiger partial charge in [-0.15, -0.1) is 0 Å². The van der Waals surface area contributed by atoms with Gasteiger partial charge in [0.25, 0.3) is 0 Å². The van der Waals surface area contributed by atoms with Gasteiger partial charge in [0.1, 0.15) is 23.2 Å². The number of carbonyl (C=O) groups is 1. The van der Waals surface area contributed by atoms with E-state index in [0.29, 0.717) is 41.9 Å². The van der Waals surface area contributed by atoms with E-state index in [-0.39, 0.29) is 5.92 Å². The van der Waals surface area contributed by atoms with Crippen LogP contribution in [-0.2, 0) is 11.2 Å². The fraction of sp³-hybridized carbons (Fsp3) is 0.259. The first kappa shape index (κ1) is 23.3. The molecule has 1 aliphatic rings. The fourth-order valence-electron chi connectivity index (χ4n) is 4.32. The van der Waals surface area contributed by atoms with E-state index in [1.807, 2.05) is 37.3 Å². The zero-order chi connectivity index (χ0) is 24.9. The third kappa shape index (κ3) is 5.63. The van der Waals surface area contributed by atoms with Gasteiger partial charge in [0, 0.05) is 43.3 Å². The SMILES string of the molecule is Cc1cccc(-c2nccc(Nc3ccnc(Cc4ccc(N5CCCC(C(=O)O)C5)cc4)n3)n2)n1. The number of carboxylic acids is 1. The van der Waals surface area contributed by atoms with Crippen molar-refractivity contribution in [2.75, 3.05) is 23.3 Å². The molecule has 1 unspecified atom stereocenters. The number of carboxylic acid groups (broad SMARTS) is 1. The van der Waals surface area contributed by atoms with Gasteiger partial charge in [-0.3, -0.25) is 4.79 Å². The normalized spacial score (nSPS) is 15.5. The zero-order valence-corrected chi connectivity index (χ0v) is 20.0. The van der Waals surface area contributed by atoms with E-state index in [1.54, 1.807) is 24.5 Å². The first-order valence-electron chi connectivity index (χ1n) is 12.0. The van der Waals surface area contributed by atoms with Gasteiger partial charge in [0.05, 0.1) is 5.92 Å². The molecule has 9 heteroatoms. The third-order valence-electron chi connectivity index (χ3n) is 6.17. The second-order valence-corrected chi connectivity index (χ2v) is 8.88. The minimum absolute atomic E-state index is 0.305. The number of aliphatic carboxylic acids is 1. The maximum atomic E-state index is 11.4. The van der Waals surface area contributed by atoms with Crippen LogP contribution >= 0.6 is 0 Å². The highest BCUT2D eigenvalue weighted by molar-refractivity contribution is 5.71. The van der Waals surface area contributed by atoms with E-state index in [0.717, 1.165) is 36.3 Å². The number of rotatable bonds is 7. The summed E-state index contributed by atoms with van der Waals surface area (Å²) < 4.78 is 0. The second-order valence-electron chi connectivity index (χ2n) is 8.88. The van der Waals surface area contributed by atoms with Crippen LogP contribution in [0.3, 0.4) is 0 Å². The Balaban J connectivity index is 1.25. The summed E-state index contributed by atoms with van der Waals surface area (Å²) in [6.45, 7) is 3.37. The third-order valence-corrected chi connectivity index (χ3v) is 6.17. The van der Waals surface area contributed by atoms with Gasteiger partial charge >= 0.3 is 5.97 Å². The summed E-state index contributed by atoms with van der Waals surface area (Å²) in [5, 5.41) is 12.6. The van der Waals surface area contributed by atoms with Crippen LogP contribution in [0.1, 0.15) is 29.9 Å². The highest BCUT2D eigenvalue weighted by Gasteiger charge is 2.25. The number of hydrogen-bond acceptors (Lipinski definition) is 8. The number of piperidine rings is 1. The molecule has 9 nitrogen and oxygen atoms in total. The molecule has 4 aromatic rings. The van der Waals surface area contributed by atoms with Gasteiger partial charge < -0.3 is 15.3 Å². The summed E-state index contributed by atoms with van der Waals surface area (Å²) in [6.07, 6.45) is 5.63. The number of benzene rings is 1. The zero-order valence-electron chi connectivity index (χ0n) is 20.0. The van der Waals surface area contributed by atoms with Crippen LogP contribution in [0.4, 0.5) is 17.3 Å². The number of pyridine rings is 1. The lowest BCUT2D eigenvalue weighted by atomic mass is 9.97. The quantitative estimate of drug-likeness (QED) is 0.399. The van der Waals surface area contributed by atoms with Gasteiger partial charge in [0.15, 0.2) is 5.82 Å². The summed E-state index contributed by atoms with van der Waals surface area (Å²) in [5.41, 5.74) is 3.75. The summed E-state index contributed by atoms with van der Waals surface area (Å²) in [4.78, 5) is 36.0. The Hall–Kier alpha value is -4.40. The van der Waals surface area contributed by atoms with Crippen LogP contribution in [0.25, 0.3) is 11.5 Å². The molecule has 1 fully saturated rings. The molecule has 36 heavy (non-hydrogen) atoms. The van der Waals surface area contributed by atoms with E-state index >= 15 is 0 Å². The van der Waals surface area contributed by atoms with Crippen molar-refractivity contribution in [3.05, 3.63) is 84.1 Å². The van der Waals surface area contributed by atoms with Crippen molar-refractivity contribution in [1.29, 1.82) is 0 Å². The van der Waals surface area contributed by atoms with E-state index in [9.17, 15) is 9.90 Å². The monoisotopic (exact) mass is 481 g/mol. The minimum atomic E-state index is -0.716. The summed E-state index contributed by atoms with van der Waals surface area (Å²) >= 11 is 0. The van der Waals surface area contributed by atoms with Crippen LogP contribution in [0.5, 0.6) is 0 Å². The number of nitrogens with one attached hydrogen (secondary N) is 1. The van der Waals surface area contributed by atoms with E-state index in [4.69, 9.17) is 0 Å². The fourth-order valence-corrected chi connectivity index (χ4v) is 4.32. The predicted octanol–water partition coefficient (Wildman–Crippen LogP) is 4.27. The largest absolute Gasteiger partial charge is 0.481 e. The highest BCUT2D eigenvalue weighted by atomic mass is 16.4. The van der Waals surface area contributed by atoms with Crippen molar-refractivity contribution in [3.63, 3.8) is 0 Å². The molecule has 1 saturated heterocycles. The summed E-state index contributed by atoms with van der Waals surface area (Å²) in [7, 11) is 0. The Morgan fingerprint density at radius 1 is 1.00 bits per heavy atom. The number of aromatic nitrogens is 5. The Morgan fingerprint density at radius 3 is 2.56 bits per heavy atom. The summed E-state index contributed by atoms with van der Waals surface area (Å²) in [6, 6.07) is 17.5. The summed E-state index contributed by atoms with van der Waals surface area (Å²) in [5.74, 6) is 1.48. The lowest BCUT2D eigenvalue weighted by Gasteiger charge is -2.32.